The Balaban J connectivity index is 2.03. The molecule has 1 aromatic carbocycles. The van der Waals surface area contributed by atoms with E-state index in [0.29, 0.717) is 17.3 Å². The molecule has 0 spiro atoms. The van der Waals surface area contributed by atoms with E-state index in [9.17, 15) is 4.39 Å². The van der Waals surface area contributed by atoms with Crippen molar-refractivity contribution in [2.24, 2.45) is 0 Å². The lowest BCUT2D eigenvalue weighted by Crippen LogP contribution is -2.00. The lowest BCUT2D eigenvalue weighted by molar-refractivity contribution is 0.628. The van der Waals surface area contributed by atoms with Gasteiger partial charge >= 0.3 is 0 Å². The second kappa shape index (κ2) is 4.03. The molecule has 1 aliphatic rings. The minimum Gasteiger partial charge on any atom is -0.398 e. The minimum absolute atomic E-state index is 0.304. The number of hydrogen-bond donors (Lipinski definition) is 1. The van der Waals surface area contributed by atoms with E-state index < -0.39 is 0 Å². The third-order valence-corrected chi connectivity index (χ3v) is 3.66. The first-order valence-corrected chi connectivity index (χ1v) is 6.61. The Hall–Kier alpha value is -2.43. The zero-order valence-corrected chi connectivity index (χ0v) is 10.8. The second-order valence-corrected chi connectivity index (χ2v) is 5.13. The summed E-state index contributed by atoms with van der Waals surface area (Å²) in [5, 5.41) is 0. The molecule has 0 aliphatic heterocycles. The monoisotopic (exact) mass is 268 g/mol. The van der Waals surface area contributed by atoms with Gasteiger partial charge in [-0.25, -0.2) is 9.37 Å². The molecule has 4 rings (SSSR count). The van der Waals surface area contributed by atoms with E-state index in [1.807, 2.05) is 6.07 Å². The van der Waals surface area contributed by atoms with Gasteiger partial charge in [0.2, 0.25) is 0 Å². The fourth-order valence-electron chi connectivity index (χ4n) is 2.57. The first-order valence-electron chi connectivity index (χ1n) is 6.61. The smallest absolute Gasteiger partial charge is 0.143 e. The molecule has 0 saturated heterocycles. The normalized spacial score (nSPS) is 14.8. The van der Waals surface area contributed by atoms with Gasteiger partial charge in [0.15, 0.2) is 0 Å². The van der Waals surface area contributed by atoms with Gasteiger partial charge in [-0.3, -0.25) is 4.98 Å². The van der Waals surface area contributed by atoms with Crippen molar-refractivity contribution in [3.05, 3.63) is 42.5 Å². The van der Waals surface area contributed by atoms with Crippen molar-refractivity contribution in [1.82, 2.24) is 14.5 Å². The van der Waals surface area contributed by atoms with Gasteiger partial charge in [0.25, 0.3) is 0 Å². The van der Waals surface area contributed by atoms with Gasteiger partial charge in [-0.2, -0.15) is 0 Å². The number of benzene rings is 1. The van der Waals surface area contributed by atoms with Crippen molar-refractivity contribution in [2.75, 3.05) is 5.73 Å². The summed E-state index contributed by atoms with van der Waals surface area (Å²) in [6.45, 7) is 0. The number of imidazole rings is 1. The van der Waals surface area contributed by atoms with Gasteiger partial charge < -0.3 is 10.3 Å². The van der Waals surface area contributed by atoms with Crippen molar-refractivity contribution >= 4 is 16.7 Å². The highest BCUT2D eigenvalue weighted by atomic mass is 19.1. The SMILES string of the molecule is Nc1ccc(F)cc1-c1nc2cnccc2n1C1CC1. The summed E-state index contributed by atoms with van der Waals surface area (Å²) >= 11 is 0. The maximum atomic E-state index is 13.5. The minimum atomic E-state index is -0.304. The molecule has 0 amide bonds. The van der Waals surface area contributed by atoms with Crippen LogP contribution in [0.2, 0.25) is 0 Å². The first-order chi connectivity index (χ1) is 9.74. The number of aromatic nitrogens is 3. The lowest BCUT2D eigenvalue weighted by Gasteiger charge is -2.09. The summed E-state index contributed by atoms with van der Waals surface area (Å²) in [6.07, 6.45) is 5.72. The van der Waals surface area contributed by atoms with Crippen LogP contribution in [0.15, 0.2) is 36.7 Å². The van der Waals surface area contributed by atoms with Crippen LogP contribution in [0, 0.1) is 5.82 Å². The second-order valence-electron chi connectivity index (χ2n) is 5.13. The fourth-order valence-corrected chi connectivity index (χ4v) is 2.57. The topological polar surface area (TPSA) is 56.7 Å². The van der Waals surface area contributed by atoms with E-state index in [1.54, 1.807) is 18.5 Å². The molecule has 0 unspecified atom stereocenters. The number of rotatable bonds is 2. The third kappa shape index (κ3) is 1.66. The molecule has 0 atom stereocenters. The van der Waals surface area contributed by atoms with Crippen LogP contribution in [0.3, 0.4) is 0 Å². The van der Waals surface area contributed by atoms with Crippen LogP contribution in [-0.4, -0.2) is 14.5 Å². The molecule has 100 valence electrons. The first kappa shape index (κ1) is 11.4. The molecule has 1 saturated carbocycles. The number of halogens is 1. The number of nitrogen functional groups attached to an aromatic ring is 1. The number of nitrogens with two attached hydrogens (primary N) is 1. The number of anilines is 1. The van der Waals surface area contributed by atoms with Crippen LogP contribution >= 0.6 is 0 Å². The van der Waals surface area contributed by atoms with Crippen molar-refractivity contribution in [2.45, 2.75) is 18.9 Å². The van der Waals surface area contributed by atoms with Gasteiger partial charge in [-0.15, -0.1) is 0 Å². The molecule has 20 heavy (non-hydrogen) atoms. The number of pyridine rings is 1. The molecular weight excluding hydrogens is 255 g/mol. The molecular formula is C15H13FN4. The van der Waals surface area contributed by atoms with Crippen LogP contribution < -0.4 is 5.73 Å². The van der Waals surface area contributed by atoms with Gasteiger partial charge in [-0.05, 0) is 37.1 Å². The summed E-state index contributed by atoms with van der Waals surface area (Å²) in [5.41, 5.74) is 9.03. The molecule has 2 N–H and O–H groups in total. The predicted molar refractivity (Wildman–Crippen MR) is 75.6 cm³/mol. The molecule has 1 aliphatic carbocycles. The maximum Gasteiger partial charge on any atom is 0.143 e. The van der Waals surface area contributed by atoms with E-state index in [4.69, 9.17) is 5.73 Å². The molecule has 1 fully saturated rings. The van der Waals surface area contributed by atoms with Gasteiger partial charge in [0, 0.05) is 23.5 Å². The van der Waals surface area contributed by atoms with Crippen LogP contribution in [0.5, 0.6) is 0 Å². The summed E-state index contributed by atoms with van der Waals surface area (Å²) < 4.78 is 15.7. The number of hydrogen-bond acceptors (Lipinski definition) is 3. The van der Waals surface area contributed by atoms with Crippen LogP contribution in [0.1, 0.15) is 18.9 Å². The Morgan fingerprint density at radius 2 is 2.10 bits per heavy atom. The standard InChI is InChI=1S/C15H13FN4/c16-9-1-4-12(17)11(7-9)15-19-13-8-18-6-5-14(13)20(15)10-2-3-10/h1,4-8,10H,2-3,17H2. The zero-order chi connectivity index (χ0) is 13.7. The van der Waals surface area contributed by atoms with E-state index >= 15 is 0 Å². The highest BCUT2D eigenvalue weighted by Crippen LogP contribution is 2.42. The van der Waals surface area contributed by atoms with Crippen molar-refractivity contribution < 1.29 is 4.39 Å². The summed E-state index contributed by atoms with van der Waals surface area (Å²) in [7, 11) is 0. The fraction of sp³-hybridized carbons (Fsp3) is 0.200. The Kier molecular flexibility index (Phi) is 2.30. The zero-order valence-electron chi connectivity index (χ0n) is 10.8. The van der Waals surface area contributed by atoms with Crippen LogP contribution in [-0.2, 0) is 0 Å². The van der Waals surface area contributed by atoms with E-state index in [2.05, 4.69) is 14.5 Å². The number of nitrogens with zero attached hydrogens (tertiary/aromatic N) is 3. The average molecular weight is 268 g/mol. The molecule has 5 heteroatoms. The molecule has 2 aromatic heterocycles. The van der Waals surface area contributed by atoms with Crippen molar-refractivity contribution in [1.29, 1.82) is 0 Å². The quantitative estimate of drug-likeness (QED) is 0.726. The average Bonchev–Trinajstić information content (AvgIpc) is 3.21. The number of fused-ring (bicyclic) bond motifs is 1. The van der Waals surface area contributed by atoms with Gasteiger partial charge in [0.05, 0.1) is 11.7 Å². The van der Waals surface area contributed by atoms with E-state index in [1.165, 1.54) is 12.1 Å². The predicted octanol–water partition coefficient (Wildman–Crippen LogP) is 3.15. The van der Waals surface area contributed by atoms with E-state index in [-0.39, 0.29) is 5.82 Å². The van der Waals surface area contributed by atoms with Gasteiger partial charge in [-0.1, -0.05) is 0 Å². The summed E-state index contributed by atoms with van der Waals surface area (Å²) in [4.78, 5) is 8.70. The molecule has 0 radical (unpaired) electrons. The Bertz CT molecular complexity index is 805. The Labute approximate surface area is 115 Å². The van der Waals surface area contributed by atoms with Crippen molar-refractivity contribution in [3.63, 3.8) is 0 Å². The molecule has 2 heterocycles. The van der Waals surface area contributed by atoms with E-state index in [0.717, 1.165) is 29.7 Å². The molecule has 4 nitrogen and oxygen atoms in total. The Morgan fingerprint density at radius 3 is 2.90 bits per heavy atom. The molecule has 0 bridgehead atoms. The van der Waals surface area contributed by atoms with Crippen LogP contribution in [0.4, 0.5) is 10.1 Å². The summed E-state index contributed by atoms with van der Waals surface area (Å²) in [6, 6.07) is 6.77. The van der Waals surface area contributed by atoms with Crippen LogP contribution in [0.25, 0.3) is 22.4 Å². The summed E-state index contributed by atoms with van der Waals surface area (Å²) in [5.74, 6) is 0.425. The molecule has 3 aromatic rings. The largest absolute Gasteiger partial charge is 0.398 e. The highest BCUT2D eigenvalue weighted by molar-refractivity contribution is 5.83. The Morgan fingerprint density at radius 1 is 1.25 bits per heavy atom. The highest BCUT2D eigenvalue weighted by Gasteiger charge is 2.29. The maximum absolute atomic E-state index is 13.5. The van der Waals surface area contributed by atoms with Gasteiger partial charge in [0.1, 0.15) is 17.2 Å². The van der Waals surface area contributed by atoms with Crippen molar-refractivity contribution in [3.8, 4) is 11.4 Å². The third-order valence-electron chi connectivity index (χ3n) is 3.66. The lowest BCUT2D eigenvalue weighted by atomic mass is 10.1.